The van der Waals surface area contributed by atoms with Crippen LogP contribution in [0.25, 0.3) is 33.7 Å². The first-order valence-electron chi connectivity index (χ1n) is 9.55. The van der Waals surface area contributed by atoms with E-state index in [0.29, 0.717) is 17.6 Å². The zero-order valence-corrected chi connectivity index (χ0v) is 16.5. The molecule has 0 bridgehead atoms. The summed E-state index contributed by atoms with van der Waals surface area (Å²) in [5, 5.41) is 12.3. The first-order valence-corrected chi connectivity index (χ1v) is 9.55. The number of aromatic amines is 1. The van der Waals surface area contributed by atoms with Crippen LogP contribution in [0.5, 0.6) is 5.88 Å². The molecule has 0 amide bonds. The topological polar surface area (TPSA) is 89.7 Å². The van der Waals surface area contributed by atoms with Gasteiger partial charge >= 0.3 is 0 Å². The Morgan fingerprint density at radius 1 is 1.07 bits per heavy atom. The van der Waals surface area contributed by atoms with Gasteiger partial charge in [0.2, 0.25) is 11.7 Å². The molecule has 0 spiro atoms. The van der Waals surface area contributed by atoms with E-state index in [0.717, 1.165) is 46.0 Å². The SMILES string of the molecule is CCc1cc2[nH]ncc2cc1-c1noc(-c2cnc(OC(C)C)c(CC)c2)n1. The Morgan fingerprint density at radius 3 is 2.64 bits per heavy atom. The van der Waals surface area contributed by atoms with E-state index in [-0.39, 0.29) is 6.10 Å². The van der Waals surface area contributed by atoms with Crippen molar-refractivity contribution in [3.63, 3.8) is 0 Å². The van der Waals surface area contributed by atoms with Crippen molar-refractivity contribution in [2.24, 2.45) is 0 Å². The monoisotopic (exact) mass is 377 g/mol. The van der Waals surface area contributed by atoms with Gasteiger partial charge in [0, 0.05) is 22.7 Å². The van der Waals surface area contributed by atoms with Crippen LogP contribution in [-0.2, 0) is 12.8 Å². The number of ether oxygens (including phenoxy) is 1. The Bertz CT molecular complexity index is 1110. The van der Waals surface area contributed by atoms with Crippen LogP contribution >= 0.6 is 0 Å². The molecule has 7 nitrogen and oxygen atoms in total. The van der Waals surface area contributed by atoms with E-state index in [1.165, 1.54) is 0 Å². The summed E-state index contributed by atoms with van der Waals surface area (Å²) in [5.41, 5.74) is 4.89. The third-order valence-corrected chi connectivity index (χ3v) is 4.61. The van der Waals surface area contributed by atoms with Crippen LogP contribution in [0, 0.1) is 0 Å². The summed E-state index contributed by atoms with van der Waals surface area (Å²) in [6, 6.07) is 6.13. The van der Waals surface area contributed by atoms with Gasteiger partial charge in [-0.15, -0.1) is 0 Å². The number of rotatable bonds is 6. The maximum absolute atomic E-state index is 5.78. The van der Waals surface area contributed by atoms with Gasteiger partial charge in [-0.1, -0.05) is 19.0 Å². The number of pyridine rings is 1. The van der Waals surface area contributed by atoms with Crippen LogP contribution in [-0.4, -0.2) is 31.4 Å². The highest BCUT2D eigenvalue weighted by Gasteiger charge is 2.17. The van der Waals surface area contributed by atoms with Gasteiger partial charge in [-0.3, -0.25) is 5.10 Å². The highest BCUT2D eigenvalue weighted by atomic mass is 16.5. The average Bonchev–Trinajstić information content (AvgIpc) is 3.35. The number of fused-ring (bicyclic) bond motifs is 1. The number of H-pyrrole nitrogens is 1. The van der Waals surface area contributed by atoms with Gasteiger partial charge in [-0.05, 0) is 50.5 Å². The van der Waals surface area contributed by atoms with Crippen molar-refractivity contribution in [2.75, 3.05) is 0 Å². The van der Waals surface area contributed by atoms with E-state index in [9.17, 15) is 0 Å². The summed E-state index contributed by atoms with van der Waals surface area (Å²) < 4.78 is 11.3. The fraction of sp³-hybridized carbons (Fsp3) is 0.333. The molecule has 28 heavy (non-hydrogen) atoms. The van der Waals surface area contributed by atoms with E-state index in [2.05, 4.69) is 45.2 Å². The molecular formula is C21H23N5O2. The second-order valence-electron chi connectivity index (χ2n) is 6.95. The predicted molar refractivity (Wildman–Crippen MR) is 107 cm³/mol. The van der Waals surface area contributed by atoms with Gasteiger partial charge < -0.3 is 9.26 Å². The van der Waals surface area contributed by atoms with Gasteiger partial charge in [0.15, 0.2) is 0 Å². The molecule has 0 fully saturated rings. The molecule has 4 rings (SSSR count). The summed E-state index contributed by atoms with van der Waals surface area (Å²) in [7, 11) is 0. The Labute approximate surface area is 163 Å². The van der Waals surface area contributed by atoms with Crippen LogP contribution in [0.2, 0.25) is 0 Å². The summed E-state index contributed by atoms with van der Waals surface area (Å²) in [6.45, 7) is 8.15. The number of aromatic nitrogens is 5. The van der Waals surface area contributed by atoms with Gasteiger partial charge in [-0.25, -0.2) is 4.98 Å². The lowest BCUT2D eigenvalue weighted by Gasteiger charge is -2.12. The minimum atomic E-state index is 0.0731. The normalized spacial score (nSPS) is 11.5. The van der Waals surface area contributed by atoms with E-state index in [4.69, 9.17) is 9.26 Å². The first-order chi connectivity index (χ1) is 13.6. The minimum absolute atomic E-state index is 0.0731. The summed E-state index contributed by atoms with van der Waals surface area (Å²) >= 11 is 0. The Morgan fingerprint density at radius 2 is 1.89 bits per heavy atom. The van der Waals surface area contributed by atoms with Crippen molar-refractivity contribution in [3.8, 4) is 28.7 Å². The third kappa shape index (κ3) is 3.35. The van der Waals surface area contributed by atoms with Crippen molar-refractivity contribution in [1.82, 2.24) is 25.3 Å². The lowest BCUT2D eigenvalue weighted by molar-refractivity contribution is 0.230. The number of aryl methyl sites for hydroxylation is 2. The van der Waals surface area contributed by atoms with Crippen LogP contribution in [0.1, 0.15) is 38.8 Å². The molecular weight excluding hydrogens is 354 g/mol. The largest absolute Gasteiger partial charge is 0.475 e. The first kappa shape index (κ1) is 18.2. The van der Waals surface area contributed by atoms with Crippen LogP contribution < -0.4 is 4.74 Å². The van der Waals surface area contributed by atoms with Crippen molar-refractivity contribution in [2.45, 2.75) is 46.6 Å². The van der Waals surface area contributed by atoms with E-state index < -0.39 is 0 Å². The maximum atomic E-state index is 5.78. The highest BCUT2D eigenvalue weighted by molar-refractivity contribution is 5.85. The number of nitrogens with zero attached hydrogens (tertiary/aromatic N) is 4. The highest BCUT2D eigenvalue weighted by Crippen LogP contribution is 2.30. The lowest BCUT2D eigenvalue weighted by Crippen LogP contribution is -2.09. The van der Waals surface area contributed by atoms with Crippen molar-refractivity contribution < 1.29 is 9.26 Å². The van der Waals surface area contributed by atoms with E-state index >= 15 is 0 Å². The van der Waals surface area contributed by atoms with E-state index in [1.807, 2.05) is 26.0 Å². The molecule has 0 saturated heterocycles. The van der Waals surface area contributed by atoms with Crippen LogP contribution in [0.15, 0.2) is 35.1 Å². The molecule has 3 aromatic heterocycles. The molecule has 0 aliphatic heterocycles. The van der Waals surface area contributed by atoms with Crippen molar-refractivity contribution in [3.05, 3.63) is 41.7 Å². The number of nitrogens with one attached hydrogen (secondary N) is 1. The molecule has 144 valence electrons. The van der Waals surface area contributed by atoms with Crippen LogP contribution in [0.4, 0.5) is 0 Å². The number of benzene rings is 1. The standard InChI is InChI=1S/C21H23N5O2/c1-5-13-9-18-15(11-23-25-18)8-17(13)19-24-21(28-26-19)16-7-14(6-2)20(22-10-16)27-12(3)4/h7-12H,5-6H2,1-4H3,(H,23,25). The molecule has 0 unspecified atom stereocenters. The van der Waals surface area contributed by atoms with E-state index in [1.54, 1.807) is 12.4 Å². The minimum Gasteiger partial charge on any atom is -0.475 e. The fourth-order valence-corrected chi connectivity index (χ4v) is 3.18. The smallest absolute Gasteiger partial charge is 0.259 e. The van der Waals surface area contributed by atoms with Gasteiger partial charge in [0.25, 0.3) is 5.89 Å². The molecule has 0 aliphatic rings. The fourth-order valence-electron chi connectivity index (χ4n) is 3.18. The third-order valence-electron chi connectivity index (χ3n) is 4.61. The predicted octanol–water partition coefficient (Wildman–Crippen LogP) is 4.59. The van der Waals surface area contributed by atoms with Gasteiger partial charge in [0.05, 0.1) is 23.4 Å². The number of hydrogen-bond donors (Lipinski definition) is 1. The Kier molecular flexibility index (Phi) is 4.81. The molecule has 3 heterocycles. The van der Waals surface area contributed by atoms with Crippen molar-refractivity contribution in [1.29, 1.82) is 0 Å². The molecule has 1 aromatic carbocycles. The zero-order valence-electron chi connectivity index (χ0n) is 16.5. The van der Waals surface area contributed by atoms with Gasteiger partial charge in [0.1, 0.15) is 0 Å². The number of hydrogen-bond acceptors (Lipinski definition) is 6. The Hall–Kier alpha value is -3.22. The molecule has 4 aromatic rings. The lowest BCUT2D eigenvalue weighted by atomic mass is 10.0. The van der Waals surface area contributed by atoms with Crippen molar-refractivity contribution >= 4 is 10.9 Å². The maximum Gasteiger partial charge on any atom is 0.259 e. The molecule has 0 radical (unpaired) electrons. The second kappa shape index (κ2) is 7.42. The molecule has 0 atom stereocenters. The molecule has 0 aliphatic carbocycles. The second-order valence-corrected chi connectivity index (χ2v) is 6.95. The molecule has 1 N–H and O–H groups in total. The van der Waals surface area contributed by atoms with Crippen LogP contribution in [0.3, 0.4) is 0 Å². The summed E-state index contributed by atoms with van der Waals surface area (Å²) in [5.74, 6) is 1.66. The zero-order chi connectivity index (χ0) is 19.7. The van der Waals surface area contributed by atoms with Gasteiger partial charge in [-0.2, -0.15) is 10.1 Å². The summed E-state index contributed by atoms with van der Waals surface area (Å²) in [6.07, 6.45) is 5.25. The summed E-state index contributed by atoms with van der Waals surface area (Å²) in [4.78, 5) is 9.08. The quantitative estimate of drug-likeness (QED) is 0.529. The Balaban J connectivity index is 1.72. The molecule has 7 heteroatoms. The molecule has 0 saturated carbocycles. The average molecular weight is 377 g/mol.